The van der Waals surface area contributed by atoms with Gasteiger partial charge in [0.15, 0.2) is 0 Å². The molecule has 0 radical (unpaired) electrons. The number of nitrogens with zero attached hydrogens (tertiary/aromatic N) is 2. The summed E-state index contributed by atoms with van der Waals surface area (Å²) in [7, 11) is 0. The average molecular weight is 126 g/mol. The molecule has 0 aliphatic carbocycles. The molecule has 0 unspecified atom stereocenters. The zero-order valence-corrected chi connectivity index (χ0v) is 6.39. The van der Waals surface area contributed by atoms with Crippen LogP contribution >= 0.6 is 0 Å². The number of aliphatic imine (C=N–C) groups is 2. The van der Waals surface area contributed by atoms with Crippen molar-refractivity contribution in [2.45, 2.75) is 26.3 Å². The van der Waals surface area contributed by atoms with Gasteiger partial charge in [0.2, 0.25) is 0 Å². The molecule has 0 amide bonds. The topological polar surface area (TPSA) is 24.7 Å². The van der Waals surface area contributed by atoms with E-state index < -0.39 is 0 Å². The van der Waals surface area contributed by atoms with E-state index in [9.17, 15) is 0 Å². The van der Waals surface area contributed by atoms with Gasteiger partial charge < -0.3 is 0 Å². The van der Waals surface area contributed by atoms with Crippen LogP contribution in [0.15, 0.2) is 9.98 Å². The van der Waals surface area contributed by atoms with E-state index in [1.54, 1.807) is 0 Å². The zero-order valence-electron chi connectivity index (χ0n) is 6.39. The van der Waals surface area contributed by atoms with Gasteiger partial charge >= 0.3 is 0 Å². The second-order valence-electron chi connectivity index (χ2n) is 2.44. The summed E-state index contributed by atoms with van der Waals surface area (Å²) in [6.07, 6.45) is 1.82. The van der Waals surface area contributed by atoms with Gasteiger partial charge in [0, 0.05) is 12.8 Å². The molecule has 0 saturated carbocycles. The SMILES string of the molecule is C=NC(C)(C)C=NCC. The normalized spacial score (nSPS) is 12.3. The Bertz CT molecular complexity index is 114. The summed E-state index contributed by atoms with van der Waals surface area (Å²) < 4.78 is 0. The first-order chi connectivity index (χ1) is 4.12. The Morgan fingerprint density at radius 3 is 2.44 bits per heavy atom. The molecule has 0 aliphatic heterocycles. The maximum absolute atomic E-state index is 4.06. The van der Waals surface area contributed by atoms with Crippen LogP contribution in [0.4, 0.5) is 0 Å². The summed E-state index contributed by atoms with van der Waals surface area (Å²) in [5.41, 5.74) is -0.185. The molecule has 0 aliphatic rings. The number of hydrogen-bond donors (Lipinski definition) is 0. The average Bonchev–Trinajstić information content (AvgIpc) is 1.84. The minimum atomic E-state index is -0.185. The summed E-state index contributed by atoms with van der Waals surface area (Å²) in [6, 6.07) is 0. The lowest BCUT2D eigenvalue weighted by atomic mass is 10.1. The van der Waals surface area contributed by atoms with Crippen LogP contribution in [-0.2, 0) is 0 Å². The summed E-state index contributed by atoms with van der Waals surface area (Å²) in [5, 5.41) is 0. The second kappa shape index (κ2) is 3.38. The Hall–Kier alpha value is -0.660. The highest BCUT2D eigenvalue weighted by Crippen LogP contribution is 2.02. The monoisotopic (exact) mass is 126 g/mol. The van der Waals surface area contributed by atoms with Gasteiger partial charge in [0.05, 0.1) is 5.54 Å². The lowest BCUT2D eigenvalue weighted by molar-refractivity contribution is 0.720. The van der Waals surface area contributed by atoms with E-state index >= 15 is 0 Å². The molecular formula is C7H14N2. The third-order valence-electron chi connectivity index (χ3n) is 0.997. The van der Waals surface area contributed by atoms with Gasteiger partial charge in [-0.05, 0) is 27.5 Å². The van der Waals surface area contributed by atoms with Crippen molar-refractivity contribution >= 4 is 12.9 Å². The Kier molecular flexibility index (Phi) is 3.13. The quantitative estimate of drug-likeness (QED) is 0.513. The molecule has 0 fully saturated rings. The predicted molar refractivity (Wildman–Crippen MR) is 42.7 cm³/mol. The minimum absolute atomic E-state index is 0.185. The zero-order chi connectivity index (χ0) is 7.33. The highest BCUT2D eigenvalue weighted by atomic mass is 14.8. The van der Waals surface area contributed by atoms with Gasteiger partial charge in [-0.3, -0.25) is 9.98 Å². The second-order valence-corrected chi connectivity index (χ2v) is 2.44. The van der Waals surface area contributed by atoms with E-state index in [2.05, 4.69) is 16.7 Å². The van der Waals surface area contributed by atoms with Crippen molar-refractivity contribution in [1.82, 2.24) is 0 Å². The van der Waals surface area contributed by atoms with Crippen molar-refractivity contribution < 1.29 is 0 Å². The maximum atomic E-state index is 4.06. The molecule has 52 valence electrons. The Labute approximate surface area is 56.7 Å². The lowest BCUT2D eigenvalue weighted by Gasteiger charge is -2.10. The van der Waals surface area contributed by atoms with Gasteiger partial charge in [0.1, 0.15) is 0 Å². The Morgan fingerprint density at radius 1 is 1.56 bits per heavy atom. The Morgan fingerprint density at radius 2 is 2.11 bits per heavy atom. The smallest absolute Gasteiger partial charge is 0.0889 e. The predicted octanol–water partition coefficient (Wildman–Crippen LogP) is 1.56. The summed E-state index contributed by atoms with van der Waals surface area (Å²) in [4.78, 5) is 7.91. The molecule has 2 nitrogen and oxygen atoms in total. The standard InChI is InChI=1S/C7H14N2/c1-5-9-6-7(2,3)8-4/h6H,4-5H2,1-3H3. The van der Waals surface area contributed by atoms with Crippen molar-refractivity contribution in [3.63, 3.8) is 0 Å². The first-order valence-corrected chi connectivity index (χ1v) is 3.11. The molecular weight excluding hydrogens is 112 g/mol. The molecule has 2 heteroatoms. The highest BCUT2D eigenvalue weighted by molar-refractivity contribution is 5.70. The van der Waals surface area contributed by atoms with Crippen LogP contribution in [0, 0.1) is 0 Å². The molecule has 0 saturated heterocycles. The molecule has 0 atom stereocenters. The van der Waals surface area contributed by atoms with E-state index in [-0.39, 0.29) is 5.54 Å². The van der Waals surface area contributed by atoms with Gasteiger partial charge in [-0.25, -0.2) is 0 Å². The fraction of sp³-hybridized carbons (Fsp3) is 0.714. The minimum Gasteiger partial charge on any atom is -0.295 e. The molecule has 0 N–H and O–H groups in total. The van der Waals surface area contributed by atoms with Crippen molar-refractivity contribution in [3.05, 3.63) is 0 Å². The van der Waals surface area contributed by atoms with E-state index in [0.717, 1.165) is 6.54 Å². The van der Waals surface area contributed by atoms with E-state index in [1.165, 1.54) is 0 Å². The number of rotatable bonds is 3. The van der Waals surface area contributed by atoms with Crippen LogP contribution in [0.1, 0.15) is 20.8 Å². The largest absolute Gasteiger partial charge is 0.295 e. The maximum Gasteiger partial charge on any atom is 0.0889 e. The molecule has 9 heavy (non-hydrogen) atoms. The van der Waals surface area contributed by atoms with E-state index in [4.69, 9.17) is 0 Å². The van der Waals surface area contributed by atoms with Crippen molar-refractivity contribution in [2.75, 3.05) is 6.54 Å². The molecule has 0 bridgehead atoms. The van der Waals surface area contributed by atoms with Crippen LogP contribution in [0.2, 0.25) is 0 Å². The fourth-order valence-electron chi connectivity index (χ4n) is 0.356. The van der Waals surface area contributed by atoms with E-state index in [1.807, 2.05) is 27.0 Å². The van der Waals surface area contributed by atoms with Crippen LogP contribution in [0.3, 0.4) is 0 Å². The molecule has 0 aromatic carbocycles. The first-order valence-electron chi connectivity index (χ1n) is 3.11. The lowest BCUT2D eigenvalue weighted by Crippen LogP contribution is -2.17. The third kappa shape index (κ3) is 3.88. The van der Waals surface area contributed by atoms with Gasteiger partial charge in [-0.2, -0.15) is 0 Å². The Balaban J connectivity index is 3.84. The third-order valence-corrected chi connectivity index (χ3v) is 0.997. The van der Waals surface area contributed by atoms with E-state index in [0.29, 0.717) is 0 Å². The summed E-state index contributed by atoms with van der Waals surface area (Å²) in [6.45, 7) is 10.2. The van der Waals surface area contributed by atoms with Crippen LogP contribution in [0.5, 0.6) is 0 Å². The van der Waals surface area contributed by atoms with Gasteiger partial charge in [0.25, 0.3) is 0 Å². The summed E-state index contributed by atoms with van der Waals surface area (Å²) >= 11 is 0. The van der Waals surface area contributed by atoms with Crippen molar-refractivity contribution in [1.29, 1.82) is 0 Å². The van der Waals surface area contributed by atoms with Crippen LogP contribution in [-0.4, -0.2) is 25.0 Å². The molecule has 0 aromatic rings. The summed E-state index contributed by atoms with van der Waals surface area (Å²) in [5.74, 6) is 0. The van der Waals surface area contributed by atoms with Crippen molar-refractivity contribution in [2.24, 2.45) is 9.98 Å². The van der Waals surface area contributed by atoms with Gasteiger partial charge in [-0.15, -0.1) is 0 Å². The molecule has 0 spiro atoms. The van der Waals surface area contributed by atoms with Gasteiger partial charge in [-0.1, -0.05) is 0 Å². The van der Waals surface area contributed by atoms with Crippen molar-refractivity contribution in [3.8, 4) is 0 Å². The molecule has 0 heterocycles. The molecule has 0 rings (SSSR count). The van der Waals surface area contributed by atoms with Crippen LogP contribution in [0.25, 0.3) is 0 Å². The van der Waals surface area contributed by atoms with Crippen LogP contribution < -0.4 is 0 Å². The molecule has 0 aromatic heterocycles. The first kappa shape index (κ1) is 8.34. The highest BCUT2D eigenvalue weighted by Gasteiger charge is 2.08. The number of hydrogen-bond acceptors (Lipinski definition) is 2. The fourth-order valence-corrected chi connectivity index (χ4v) is 0.356.